The van der Waals surface area contributed by atoms with Gasteiger partial charge in [-0.3, -0.25) is 14.5 Å². The molecule has 7 nitrogen and oxygen atoms in total. The Hall–Kier alpha value is -1.18. The van der Waals surface area contributed by atoms with Crippen LogP contribution in [-0.4, -0.2) is 61.6 Å². The summed E-state index contributed by atoms with van der Waals surface area (Å²) in [6.07, 6.45) is -0.165. The van der Waals surface area contributed by atoms with Crippen molar-refractivity contribution < 1.29 is 14.3 Å². The van der Waals surface area contributed by atoms with Crippen molar-refractivity contribution in [3.05, 3.63) is 0 Å². The van der Waals surface area contributed by atoms with E-state index in [4.69, 9.17) is 16.2 Å². The van der Waals surface area contributed by atoms with Crippen LogP contribution in [-0.2, 0) is 14.3 Å². The smallest absolute Gasteiger partial charge is 0.237 e. The number of hydrogen-bond acceptors (Lipinski definition) is 5. The van der Waals surface area contributed by atoms with Crippen molar-refractivity contribution in [2.45, 2.75) is 25.5 Å². The number of carbonyl (C=O) groups excluding carboxylic acids is 2. The van der Waals surface area contributed by atoms with E-state index in [1.54, 1.807) is 0 Å². The van der Waals surface area contributed by atoms with E-state index in [0.717, 1.165) is 19.6 Å². The van der Waals surface area contributed by atoms with E-state index in [1.807, 2.05) is 0 Å². The predicted molar refractivity (Wildman–Crippen MR) is 66.7 cm³/mol. The lowest BCUT2D eigenvalue weighted by Crippen LogP contribution is -2.50. The van der Waals surface area contributed by atoms with E-state index in [1.165, 1.54) is 0 Å². The first-order valence-corrected chi connectivity index (χ1v) is 6.18. The number of ether oxygens (including phenoxy) is 1. The molecule has 0 saturated carbocycles. The van der Waals surface area contributed by atoms with E-state index in [0.29, 0.717) is 13.2 Å². The molecule has 0 spiro atoms. The summed E-state index contributed by atoms with van der Waals surface area (Å²) in [7, 11) is 0. The molecule has 1 rings (SSSR count). The third kappa shape index (κ3) is 4.99. The predicted octanol–water partition coefficient (Wildman–Crippen LogP) is -1.97. The molecule has 104 valence electrons. The van der Waals surface area contributed by atoms with Crippen LogP contribution in [0, 0.1) is 0 Å². The molecule has 1 fully saturated rings. The summed E-state index contributed by atoms with van der Waals surface area (Å²) in [6, 6.07) is -0.881. The number of nitrogens with one attached hydrogen (secondary N) is 1. The van der Waals surface area contributed by atoms with E-state index in [9.17, 15) is 9.59 Å². The van der Waals surface area contributed by atoms with Crippen molar-refractivity contribution in [1.82, 2.24) is 10.2 Å². The second-order valence-electron chi connectivity index (χ2n) is 4.41. The largest absolute Gasteiger partial charge is 0.374 e. The van der Waals surface area contributed by atoms with Gasteiger partial charge in [-0.25, -0.2) is 0 Å². The molecular weight excluding hydrogens is 236 g/mol. The van der Waals surface area contributed by atoms with Crippen LogP contribution in [0.15, 0.2) is 0 Å². The van der Waals surface area contributed by atoms with Gasteiger partial charge in [-0.1, -0.05) is 6.92 Å². The number of carbonyl (C=O) groups is 2. The summed E-state index contributed by atoms with van der Waals surface area (Å²) in [6.45, 7) is 5.84. The maximum atomic E-state index is 11.6. The number of nitrogens with zero attached hydrogens (tertiary/aromatic N) is 1. The SMILES string of the molecule is CCN1CCOC(CNC(=O)C(N)CC(N)=O)C1. The van der Waals surface area contributed by atoms with Crippen LogP contribution in [0.5, 0.6) is 0 Å². The minimum atomic E-state index is -0.881. The Balaban J connectivity index is 2.27. The van der Waals surface area contributed by atoms with E-state index in [-0.39, 0.29) is 18.4 Å². The molecule has 7 heteroatoms. The number of hydrogen-bond donors (Lipinski definition) is 3. The van der Waals surface area contributed by atoms with Crippen molar-refractivity contribution in [1.29, 1.82) is 0 Å². The molecule has 1 aliphatic rings. The molecular formula is C11H22N4O3. The number of rotatable bonds is 6. The Morgan fingerprint density at radius 2 is 2.28 bits per heavy atom. The third-order valence-corrected chi connectivity index (χ3v) is 2.93. The number of nitrogens with two attached hydrogens (primary N) is 2. The average molecular weight is 258 g/mol. The van der Waals surface area contributed by atoms with Crippen LogP contribution in [0.3, 0.4) is 0 Å². The highest BCUT2D eigenvalue weighted by molar-refractivity contribution is 5.87. The zero-order valence-corrected chi connectivity index (χ0v) is 10.7. The molecule has 18 heavy (non-hydrogen) atoms. The Bertz CT molecular complexity index is 298. The second-order valence-corrected chi connectivity index (χ2v) is 4.41. The highest BCUT2D eigenvalue weighted by Gasteiger charge is 2.21. The lowest BCUT2D eigenvalue weighted by atomic mass is 10.2. The number of morpholine rings is 1. The van der Waals surface area contributed by atoms with Gasteiger partial charge in [-0.15, -0.1) is 0 Å². The molecule has 2 amide bonds. The van der Waals surface area contributed by atoms with Gasteiger partial charge in [0.1, 0.15) is 0 Å². The highest BCUT2D eigenvalue weighted by Crippen LogP contribution is 2.03. The normalized spacial score (nSPS) is 22.4. The average Bonchev–Trinajstić information content (AvgIpc) is 2.35. The molecule has 0 aromatic heterocycles. The Labute approximate surface area is 107 Å². The molecule has 0 aliphatic carbocycles. The molecule has 2 atom stereocenters. The van der Waals surface area contributed by atoms with Crippen molar-refractivity contribution >= 4 is 11.8 Å². The monoisotopic (exact) mass is 258 g/mol. The van der Waals surface area contributed by atoms with E-state index < -0.39 is 11.9 Å². The van der Waals surface area contributed by atoms with Crippen molar-refractivity contribution in [2.75, 3.05) is 32.8 Å². The number of amides is 2. The van der Waals surface area contributed by atoms with Gasteiger partial charge >= 0.3 is 0 Å². The summed E-state index contributed by atoms with van der Waals surface area (Å²) >= 11 is 0. The lowest BCUT2D eigenvalue weighted by molar-refractivity contribution is -0.127. The fraction of sp³-hybridized carbons (Fsp3) is 0.818. The van der Waals surface area contributed by atoms with Crippen molar-refractivity contribution in [2.24, 2.45) is 11.5 Å². The molecule has 1 saturated heterocycles. The maximum Gasteiger partial charge on any atom is 0.237 e. The first-order chi connectivity index (χ1) is 8.52. The molecule has 1 heterocycles. The summed E-state index contributed by atoms with van der Waals surface area (Å²) in [5.41, 5.74) is 10.5. The van der Waals surface area contributed by atoms with Crippen LogP contribution in [0.25, 0.3) is 0 Å². The van der Waals surface area contributed by atoms with E-state index in [2.05, 4.69) is 17.1 Å². The van der Waals surface area contributed by atoms with Gasteiger partial charge in [0.25, 0.3) is 0 Å². The Morgan fingerprint density at radius 3 is 2.89 bits per heavy atom. The molecule has 2 unspecified atom stereocenters. The zero-order chi connectivity index (χ0) is 13.5. The quantitative estimate of drug-likeness (QED) is 0.511. The first-order valence-electron chi connectivity index (χ1n) is 6.18. The fourth-order valence-electron chi connectivity index (χ4n) is 1.85. The summed E-state index contributed by atoms with van der Waals surface area (Å²) < 4.78 is 5.53. The minimum absolute atomic E-state index is 0.0246. The topological polar surface area (TPSA) is 111 Å². The second kappa shape index (κ2) is 7.30. The molecule has 0 bridgehead atoms. The fourth-order valence-corrected chi connectivity index (χ4v) is 1.85. The van der Waals surface area contributed by atoms with Gasteiger partial charge < -0.3 is 21.5 Å². The Kier molecular flexibility index (Phi) is 6.03. The summed E-state index contributed by atoms with van der Waals surface area (Å²) in [4.78, 5) is 24.4. The number of likely N-dealkylation sites (N-methyl/N-ethyl adjacent to an activating group) is 1. The van der Waals surface area contributed by atoms with Crippen molar-refractivity contribution in [3.63, 3.8) is 0 Å². The van der Waals surface area contributed by atoms with Gasteiger partial charge in [0.15, 0.2) is 0 Å². The van der Waals surface area contributed by atoms with Gasteiger partial charge in [0.2, 0.25) is 11.8 Å². The van der Waals surface area contributed by atoms with Crippen LogP contribution in [0.1, 0.15) is 13.3 Å². The zero-order valence-electron chi connectivity index (χ0n) is 10.7. The number of primary amides is 1. The van der Waals surface area contributed by atoms with Gasteiger partial charge in [0, 0.05) is 19.6 Å². The van der Waals surface area contributed by atoms with Crippen LogP contribution < -0.4 is 16.8 Å². The summed E-state index contributed by atoms with van der Waals surface area (Å²) in [5, 5.41) is 2.68. The molecule has 0 aromatic rings. The third-order valence-electron chi connectivity index (χ3n) is 2.93. The maximum absolute atomic E-state index is 11.6. The lowest BCUT2D eigenvalue weighted by Gasteiger charge is -2.32. The van der Waals surface area contributed by atoms with Crippen LogP contribution in [0.4, 0.5) is 0 Å². The van der Waals surface area contributed by atoms with Crippen LogP contribution >= 0.6 is 0 Å². The molecule has 0 aromatic carbocycles. The standard InChI is InChI=1S/C11H22N4O3/c1-2-15-3-4-18-8(7-15)6-14-11(17)9(12)5-10(13)16/h8-9H,2-7,12H2,1H3,(H2,13,16)(H,14,17). The highest BCUT2D eigenvalue weighted by atomic mass is 16.5. The Morgan fingerprint density at radius 1 is 1.56 bits per heavy atom. The molecule has 5 N–H and O–H groups in total. The summed E-state index contributed by atoms with van der Waals surface area (Å²) in [5.74, 6) is -0.949. The first kappa shape index (κ1) is 14.9. The van der Waals surface area contributed by atoms with Gasteiger partial charge in [-0.05, 0) is 6.54 Å². The minimum Gasteiger partial charge on any atom is -0.374 e. The van der Waals surface area contributed by atoms with Gasteiger partial charge in [0.05, 0.1) is 25.2 Å². The van der Waals surface area contributed by atoms with Crippen LogP contribution in [0.2, 0.25) is 0 Å². The molecule has 1 aliphatic heterocycles. The molecule has 0 radical (unpaired) electrons. The van der Waals surface area contributed by atoms with Crippen molar-refractivity contribution in [3.8, 4) is 0 Å². The van der Waals surface area contributed by atoms with Gasteiger partial charge in [-0.2, -0.15) is 0 Å². The van der Waals surface area contributed by atoms with E-state index >= 15 is 0 Å².